The van der Waals surface area contributed by atoms with E-state index in [2.05, 4.69) is 30.9 Å². The topological polar surface area (TPSA) is 359 Å². The number of halogens is 3. The van der Waals surface area contributed by atoms with Crippen LogP contribution < -0.4 is 21.7 Å². The van der Waals surface area contributed by atoms with Crippen LogP contribution in [0.3, 0.4) is 0 Å². The zero-order valence-electron chi connectivity index (χ0n) is 69.0. The zero-order chi connectivity index (χ0) is 87.3. The van der Waals surface area contributed by atoms with Gasteiger partial charge in [0.2, 0.25) is 29.5 Å². The Morgan fingerprint density at radius 1 is 0.444 bits per heavy atom. The van der Waals surface area contributed by atoms with Crippen LogP contribution in [0.15, 0.2) is 250 Å². The molecule has 3 aliphatic heterocycles. The first-order valence-electron chi connectivity index (χ1n) is 40.6. The van der Waals surface area contributed by atoms with Crippen LogP contribution in [-0.4, -0.2) is 169 Å². The summed E-state index contributed by atoms with van der Waals surface area (Å²) in [6.07, 6.45) is -3.02. The molecule has 3 aliphatic rings. The van der Waals surface area contributed by atoms with Gasteiger partial charge in [-0.2, -0.15) is 0 Å². The number of nitrogens with zero attached hydrogens (tertiary/aromatic N) is 5. The normalized spacial score (nSPS) is 18.3. The van der Waals surface area contributed by atoms with Crippen molar-refractivity contribution in [2.45, 2.75) is 184 Å². The summed E-state index contributed by atoms with van der Waals surface area (Å²) in [5.41, 5.74) is 14.3. The van der Waals surface area contributed by atoms with Gasteiger partial charge in [-0.15, -0.1) is 0 Å². The van der Waals surface area contributed by atoms with E-state index in [1.807, 2.05) is 194 Å². The molecule has 12 aromatic rings. The van der Waals surface area contributed by atoms with Crippen molar-refractivity contribution in [1.29, 1.82) is 0 Å². The Kier molecular flexibility index (Phi) is 33.2. The summed E-state index contributed by atoms with van der Waals surface area (Å²) in [5.74, 6) is -1.13. The SMILES string of the molecule is CC(C)(C)OC(=O)N1C[C@H](OCc2ccc(Cl)cc2)C[C@H]1C(=O)N[C@@H](Cc1ccccc1)C(O)c1nc2ccccc2o1.CC(C)(C)OC(=O)N1C[C@H](OCc2ccc(Cl)cc2)C[C@H]1C(=O)O.N[C@@H](Cc1ccccc1)C(O)c1nc2ccccc2o1.O=C(N[C@@H](Cc1ccccc1)C(O)c1nc2ccccc2o1)[C@@H]1C[C@@H](OCc2ccc(Cl)cc2)CN1.[BH4-]. The van der Waals surface area contributed by atoms with Gasteiger partial charge in [0.1, 0.15) is 45.9 Å². The number of rotatable bonds is 26. The standard InChI is InChI=1S/C33H36ClN3O6.C28H28ClN3O4.C17H22ClNO5.C16H16N2O2.BH4/c1-33(2,3)43-32(40)37-19-24(41-20-22-13-15-23(34)16-14-22)18-27(37)30(39)35-26(17-21-9-5-4-6-10-21)29(38)31-36-25-11-7-8-12-28(25)42-31;29-20-12-10-19(11-13-20)17-35-21-15-24(30-16-21)27(34)31-23(14-18-6-2-1-3-7-18)26(33)28-32-22-8-4-5-9-25(22)36-28;1-17(2,3)24-16(22)19-9-13(8-14(19)15(20)21)23-10-11-4-6-12(18)7-5-11;17-12(10-11-6-2-1-3-7-11)15(19)16-18-13-8-4-5-9-14(13)20-16;/h4-16,24,26-27,29,38H,17-20H2,1-3H3,(H,35,39);1-13,21,23-24,26,30,33H,14-17H2,(H,31,34);4-7,13-14H,8-10H2,1-3H3,(H,20,21);1-9,12,15,19H,10,17H2;1H4/q;;;;-1/t24-,26+,27+,29?;21-,23+,24+,26?;13-,14+;12-,15?;/m1110./s1. The zero-order valence-corrected chi connectivity index (χ0v) is 71.2. The monoisotopic (exact) mass is 1750 g/mol. The number of aliphatic hydroxyl groups excluding tert-OH is 3. The number of aliphatic carboxylic acids is 1. The van der Waals surface area contributed by atoms with Gasteiger partial charge in [0.05, 0.1) is 69.3 Å². The molecule has 0 radical (unpaired) electrons. The van der Waals surface area contributed by atoms with Crippen molar-refractivity contribution >= 4 is 106 Å². The Morgan fingerprint density at radius 3 is 1.15 bits per heavy atom. The number of carbonyl (C=O) groups excluding carboxylic acids is 4. The summed E-state index contributed by atoms with van der Waals surface area (Å²) >= 11 is 17.8. The quantitative estimate of drug-likeness (QED) is 0.0233. The van der Waals surface area contributed by atoms with E-state index in [9.17, 15) is 44.4 Å². The Bertz CT molecular complexity index is 5320. The van der Waals surface area contributed by atoms with Gasteiger partial charge in [-0.1, -0.05) is 207 Å². The second-order valence-corrected chi connectivity index (χ2v) is 33.6. The molecule has 3 saturated heterocycles. The molecule has 12 atom stereocenters. The molecular formula is C94H106BCl3N9O17-. The number of hydrogen-bond acceptors (Lipinski definition) is 21. The van der Waals surface area contributed by atoms with E-state index in [0.29, 0.717) is 94.9 Å². The minimum Gasteiger partial charge on any atom is -0.480 e. The Hall–Kier alpha value is -11.0. The van der Waals surface area contributed by atoms with E-state index >= 15 is 0 Å². The van der Waals surface area contributed by atoms with E-state index in [4.69, 9.17) is 77.5 Å². The molecule has 654 valence electrons. The van der Waals surface area contributed by atoms with Crippen molar-refractivity contribution in [3.8, 4) is 0 Å². The average molecular weight is 1750 g/mol. The van der Waals surface area contributed by atoms with Crippen molar-refractivity contribution in [1.82, 2.24) is 40.7 Å². The molecule has 26 nitrogen and oxygen atoms in total. The first-order chi connectivity index (χ1) is 59.0. The molecule has 30 heteroatoms. The second kappa shape index (κ2) is 44.0. The van der Waals surface area contributed by atoms with Gasteiger partial charge < -0.3 is 79.0 Å². The van der Waals surface area contributed by atoms with Gasteiger partial charge in [-0.3, -0.25) is 19.4 Å². The lowest BCUT2D eigenvalue weighted by Crippen LogP contribution is -2.51. The lowest BCUT2D eigenvalue weighted by molar-refractivity contribution is -0.142. The van der Waals surface area contributed by atoms with Crippen molar-refractivity contribution in [3.05, 3.63) is 303 Å². The minimum atomic E-state index is -1.25. The van der Waals surface area contributed by atoms with Crippen molar-refractivity contribution in [2.75, 3.05) is 19.6 Å². The molecule has 3 aromatic heterocycles. The van der Waals surface area contributed by atoms with Gasteiger partial charge in [0.25, 0.3) is 0 Å². The number of likely N-dealkylation sites (tertiary alicyclic amines) is 2. The highest BCUT2D eigenvalue weighted by atomic mass is 35.5. The molecule has 4 amide bonds. The minimum absolute atomic E-state index is 0. The van der Waals surface area contributed by atoms with E-state index < -0.39 is 95.9 Å². The summed E-state index contributed by atoms with van der Waals surface area (Å²) < 4.78 is 46.0. The summed E-state index contributed by atoms with van der Waals surface area (Å²) in [4.78, 5) is 79.8. The molecule has 0 bridgehead atoms. The fraction of sp³-hybridized carbons (Fsp3) is 0.340. The number of amides is 4. The Balaban J connectivity index is 0.000000167. The molecule has 0 aliphatic carbocycles. The van der Waals surface area contributed by atoms with Crippen LogP contribution in [-0.2, 0) is 77.2 Å². The highest BCUT2D eigenvalue weighted by molar-refractivity contribution is 6.31. The fourth-order valence-corrected chi connectivity index (χ4v) is 14.5. The number of carboxylic acids is 1. The molecule has 3 unspecified atom stereocenters. The number of carboxylic acid groups (broad SMARTS) is 1. The van der Waals surface area contributed by atoms with Crippen molar-refractivity contribution in [2.24, 2.45) is 5.73 Å². The summed E-state index contributed by atoms with van der Waals surface area (Å²) in [6.45, 7) is 12.6. The molecule has 124 heavy (non-hydrogen) atoms. The number of oxazole rings is 3. The third-order valence-electron chi connectivity index (χ3n) is 20.4. The first-order valence-corrected chi connectivity index (χ1v) is 41.8. The number of aromatic nitrogens is 3. The predicted octanol–water partition coefficient (Wildman–Crippen LogP) is 14.3. The lowest BCUT2D eigenvalue weighted by Gasteiger charge is -2.29. The third-order valence-corrected chi connectivity index (χ3v) is 21.2. The van der Waals surface area contributed by atoms with Crippen molar-refractivity contribution in [3.63, 3.8) is 0 Å². The number of carbonyl (C=O) groups is 5. The van der Waals surface area contributed by atoms with Crippen LogP contribution in [0.25, 0.3) is 33.3 Å². The van der Waals surface area contributed by atoms with E-state index in [1.165, 1.54) is 9.80 Å². The maximum Gasteiger partial charge on any atom is 0.411 e. The van der Waals surface area contributed by atoms with Crippen LogP contribution in [0, 0.1) is 0 Å². The van der Waals surface area contributed by atoms with Gasteiger partial charge in [-0.25, -0.2) is 29.3 Å². The molecule has 15 rings (SSSR count). The van der Waals surface area contributed by atoms with Gasteiger partial charge in [0.15, 0.2) is 29.0 Å². The third kappa shape index (κ3) is 27.2. The number of nitrogens with one attached hydrogen (secondary N) is 3. The number of hydrogen-bond donors (Lipinski definition) is 8. The predicted molar refractivity (Wildman–Crippen MR) is 477 cm³/mol. The van der Waals surface area contributed by atoms with Crippen LogP contribution in [0.2, 0.25) is 15.1 Å². The number of benzene rings is 9. The maximum absolute atomic E-state index is 13.9. The number of para-hydroxylation sites is 6. The fourth-order valence-electron chi connectivity index (χ4n) is 14.1. The van der Waals surface area contributed by atoms with Crippen LogP contribution in [0.5, 0.6) is 0 Å². The number of nitrogens with two attached hydrogens (primary N) is 1. The summed E-state index contributed by atoms with van der Waals surface area (Å²) in [6, 6.07) is 69.0. The average Bonchev–Trinajstić information content (AvgIpc) is 1.68. The molecule has 6 heterocycles. The molecule has 0 saturated carbocycles. The van der Waals surface area contributed by atoms with Crippen LogP contribution in [0.1, 0.15) is 130 Å². The van der Waals surface area contributed by atoms with Gasteiger partial charge >= 0.3 is 18.2 Å². The summed E-state index contributed by atoms with van der Waals surface area (Å²) in [7, 11) is 0. The molecule has 9 aromatic carbocycles. The second-order valence-electron chi connectivity index (χ2n) is 32.3. The van der Waals surface area contributed by atoms with E-state index in [1.54, 1.807) is 84.0 Å². The largest absolute Gasteiger partial charge is 0.480 e. The van der Waals surface area contributed by atoms with E-state index in [-0.39, 0.29) is 70.1 Å². The number of ether oxygens (including phenoxy) is 5. The van der Waals surface area contributed by atoms with Crippen molar-refractivity contribution < 1.29 is 81.3 Å². The highest BCUT2D eigenvalue weighted by Crippen LogP contribution is 2.32. The number of aliphatic hydroxyl groups is 3. The van der Waals surface area contributed by atoms with E-state index in [0.717, 1.165) is 38.9 Å². The highest BCUT2D eigenvalue weighted by Gasteiger charge is 2.45. The molecular weight excluding hydrogens is 1640 g/mol. The summed E-state index contributed by atoms with van der Waals surface area (Å²) in [5, 5.41) is 53.5. The molecule has 3 fully saturated rings. The Morgan fingerprint density at radius 2 is 0.774 bits per heavy atom. The van der Waals surface area contributed by atoms with Gasteiger partial charge in [-0.05, 0) is 173 Å². The lowest BCUT2D eigenvalue weighted by atomic mass is 10.00. The molecule has 0 spiro atoms. The van der Waals surface area contributed by atoms with Crippen LogP contribution in [0.4, 0.5) is 9.59 Å². The molecule has 9 N–H and O–H groups in total. The smallest absolute Gasteiger partial charge is 0.411 e. The van der Waals surface area contributed by atoms with Gasteiger partial charge in [0, 0.05) is 40.5 Å². The Labute approximate surface area is 736 Å². The van der Waals surface area contributed by atoms with Crippen LogP contribution >= 0.6 is 34.8 Å². The maximum atomic E-state index is 13.9. The first kappa shape index (κ1) is 93.6. The number of fused-ring (bicyclic) bond motifs is 3.